The first-order valence-electron chi connectivity index (χ1n) is 6.99. The summed E-state index contributed by atoms with van der Waals surface area (Å²) in [6.07, 6.45) is 2.61. The van der Waals surface area contributed by atoms with Crippen LogP contribution in [0.25, 0.3) is 0 Å². The van der Waals surface area contributed by atoms with E-state index in [4.69, 9.17) is 5.73 Å². The van der Waals surface area contributed by atoms with Crippen molar-refractivity contribution in [1.82, 2.24) is 0 Å². The van der Waals surface area contributed by atoms with Gasteiger partial charge in [0, 0.05) is 27.1 Å². The molecule has 0 amide bonds. The number of halogens is 1. The standard InChI is InChI=1S/C16H19BrN2S/c1-11(18)15-7-6-13(9-16(15)17)19(12-4-5-12)10-14-3-2-8-20-14/h2-3,6-9,11-12H,4-5,10,18H2,1H3/t11-/m1/s1. The van der Waals surface area contributed by atoms with Crippen molar-refractivity contribution >= 4 is 33.0 Å². The molecule has 2 nitrogen and oxygen atoms in total. The second kappa shape index (κ2) is 5.88. The van der Waals surface area contributed by atoms with Crippen LogP contribution >= 0.6 is 27.3 Å². The van der Waals surface area contributed by atoms with Crippen LogP contribution in [0, 0.1) is 0 Å². The van der Waals surface area contributed by atoms with Crippen LogP contribution in [0.1, 0.15) is 36.2 Å². The molecule has 0 aliphatic heterocycles. The molecule has 2 N–H and O–H groups in total. The summed E-state index contributed by atoms with van der Waals surface area (Å²) in [4.78, 5) is 3.94. The lowest BCUT2D eigenvalue weighted by molar-refractivity contribution is 0.793. The Morgan fingerprint density at radius 3 is 2.75 bits per heavy atom. The van der Waals surface area contributed by atoms with Gasteiger partial charge in [-0.3, -0.25) is 0 Å². The van der Waals surface area contributed by atoms with Crippen LogP contribution in [0.5, 0.6) is 0 Å². The molecule has 4 heteroatoms. The predicted octanol–water partition coefficient (Wildman–Crippen LogP) is 4.70. The number of rotatable bonds is 5. The first kappa shape index (κ1) is 14.1. The van der Waals surface area contributed by atoms with E-state index in [1.807, 2.05) is 18.3 Å². The maximum absolute atomic E-state index is 5.98. The SMILES string of the molecule is C[C@@H](N)c1ccc(N(Cc2cccs2)C2CC2)cc1Br. The van der Waals surface area contributed by atoms with Crippen LogP contribution in [0.2, 0.25) is 0 Å². The molecular weight excluding hydrogens is 332 g/mol. The van der Waals surface area contributed by atoms with Gasteiger partial charge in [0.05, 0.1) is 6.54 Å². The molecule has 1 saturated carbocycles. The zero-order valence-electron chi connectivity index (χ0n) is 11.6. The van der Waals surface area contributed by atoms with Gasteiger partial charge >= 0.3 is 0 Å². The van der Waals surface area contributed by atoms with E-state index in [0.29, 0.717) is 6.04 Å². The predicted molar refractivity (Wildman–Crippen MR) is 90.3 cm³/mol. The van der Waals surface area contributed by atoms with Gasteiger partial charge in [0.2, 0.25) is 0 Å². The van der Waals surface area contributed by atoms with E-state index in [9.17, 15) is 0 Å². The van der Waals surface area contributed by atoms with E-state index < -0.39 is 0 Å². The van der Waals surface area contributed by atoms with E-state index in [1.165, 1.54) is 29.0 Å². The van der Waals surface area contributed by atoms with E-state index >= 15 is 0 Å². The fraction of sp³-hybridized carbons (Fsp3) is 0.375. The fourth-order valence-corrected chi connectivity index (χ4v) is 3.88. The number of anilines is 1. The molecule has 0 saturated heterocycles. The first-order valence-corrected chi connectivity index (χ1v) is 8.66. The van der Waals surface area contributed by atoms with Crippen LogP contribution in [0.4, 0.5) is 5.69 Å². The molecule has 0 spiro atoms. The van der Waals surface area contributed by atoms with Gasteiger partial charge in [-0.15, -0.1) is 11.3 Å². The van der Waals surface area contributed by atoms with Crippen molar-refractivity contribution in [3.63, 3.8) is 0 Å². The monoisotopic (exact) mass is 350 g/mol. The summed E-state index contributed by atoms with van der Waals surface area (Å²) in [5.41, 5.74) is 8.44. The van der Waals surface area contributed by atoms with Crippen LogP contribution in [0.15, 0.2) is 40.2 Å². The molecule has 1 aliphatic carbocycles. The molecular formula is C16H19BrN2S. The van der Waals surface area contributed by atoms with Gasteiger partial charge in [-0.05, 0) is 48.9 Å². The average Bonchev–Trinajstić information content (AvgIpc) is 3.12. The molecule has 1 heterocycles. The number of nitrogens with zero attached hydrogens (tertiary/aromatic N) is 1. The minimum Gasteiger partial charge on any atom is -0.363 e. The molecule has 20 heavy (non-hydrogen) atoms. The lowest BCUT2D eigenvalue weighted by Crippen LogP contribution is -2.24. The normalized spacial score (nSPS) is 16.1. The summed E-state index contributed by atoms with van der Waals surface area (Å²) in [7, 11) is 0. The summed E-state index contributed by atoms with van der Waals surface area (Å²) >= 11 is 5.49. The smallest absolute Gasteiger partial charge is 0.0525 e. The Labute approximate surface area is 132 Å². The molecule has 1 atom stereocenters. The van der Waals surface area contributed by atoms with E-state index in [-0.39, 0.29) is 6.04 Å². The summed E-state index contributed by atoms with van der Waals surface area (Å²) in [5, 5.41) is 2.15. The number of benzene rings is 1. The van der Waals surface area contributed by atoms with Crippen molar-refractivity contribution < 1.29 is 0 Å². The highest BCUT2D eigenvalue weighted by Crippen LogP contribution is 2.36. The Balaban J connectivity index is 1.86. The van der Waals surface area contributed by atoms with Gasteiger partial charge in [0.1, 0.15) is 0 Å². The Morgan fingerprint density at radius 1 is 1.40 bits per heavy atom. The highest BCUT2D eigenvalue weighted by Gasteiger charge is 2.29. The van der Waals surface area contributed by atoms with Gasteiger partial charge in [0.25, 0.3) is 0 Å². The van der Waals surface area contributed by atoms with Gasteiger partial charge < -0.3 is 10.6 Å². The molecule has 0 radical (unpaired) electrons. The zero-order chi connectivity index (χ0) is 14.1. The molecule has 0 unspecified atom stereocenters. The van der Waals surface area contributed by atoms with E-state index in [2.05, 4.69) is 56.5 Å². The van der Waals surface area contributed by atoms with Crippen molar-refractivity contribution in [2.45, 2.75) is 38.4 Å². The Kier molecular flexibility index (Phi) is 4.15. The number of thiophene rings is 1. The first-order chi connectivity index (χ1) is 9.65. The van der Waals surface area contributed by atoms with Crippen LogP contribution in [0.3, 0.4) is 0 Å². The Bertz CT molecular complexity index is 576. The lowest BCUT2D eigenvalue weighted by atomic mass is 10.1. The van der Waals surface area contributed by atoms with Crippen LogP contribution in [-0.2, 0) is 6.54 Å². The third-order valence-corrected chi connectivity index (χ3v) is 5.25. The number of hydrogen-bond donors (Lipinski definition) is 1. The highest BCUT2D eigenvalue weighted by atomic mass is 79.9. The van der Waals surface area contributed by atoms with Gasteiger partial charge in [-0.25, -0.2) is 0 Å². The Hall–Kier alpha value is -0.840. The molecule has 0 bridgehead atoms. The molecule has 1 aliphatic rings. The zero-order valence-corrected chi connectivity index (χ0v) is 14.0. The van der Waals surface area contributed by atoms with Crippen molar-refractivity contribution in [2.75, 3.05) is 4.90 Å². The summed E-state index contributed by atoms with van der Waals surface area (Å²) in [6, 6.07) is 11.7. The van der Waals surface area contributed by atoms with E-state index in [0.717, 1.165) is 11.0 Å². The summed E-state index contributed by atoms with van der Waals surface area (Å²) in [5.74, 6) is 0. The molecule has 1 aromatic carbocycles. The largest absolute Gasteiger partial charge is 0.363 e. The molecule has 1 aromatic heterocycles. The fourth-order valence-electron chi connectivity index (χ4n) is 2.45. The van der Waals surface area contributed by atoms with Crippen LogP contribution in [-0.4, -0.2) is 6.04 Å². The maximum atomic E-state index is 5.98. The van der Waals surface area contributed by atoms with Gasteiger partial charge in [-0.2, -0.15) is 0 Å². The highest BCUT2D eigenvalue weighted by molar-refractivity contribution is 9.10. The summed E-state index contributed by atoms with van der Waals surface area (Å²) in [6.45, 7) is 3.02. The van der Waals surface area contributed by atoms with Crippen molar-refractivity contribution in [3.8, 4) is 0 Å². The molecule has 2 aromatic rings. The van der Waals surface area contributed by atoms with Crippen molar-refractivity contribution in [2.24, 2.45) is 5.73 Å². The minimum absolute atomic E-state index is 0.0603. The molecule has 3 rings (SSSR count). The van der Waals surface area contributed by atoms with Crippen molar-refractivity contribution in [3.05, 3.63) is 50.6 Å². The van der Waals surface area contributed by atoms with Gasteiger partial charge in [-0.1, -0.05) is 28.1 Å². The average molecular weight is 351 g/mol. The topological polar surface area (TPSA) is 29.3 Å². The van der Waals surface area contributed by atoms with Crippen molar-refractivity contribution in [1.29, 1.82) is 0 Å². The molecule has 1 fully saturated rings. The van der Waals surface area contributed by atoms with Gasteiger partial charge in [0.15, 0.2) is 0 Å². The second-order valence-corrected chi connectivity index (χ2v) is 7.32. The number of hydrogen-bond acceptors (Lipinski definition) is 3. The van der Waals surface area contributed by atoms with Crippen LogP contribution < -0.4 is 10.6 Å². The maximum Gasteiger partial charge on any atom is 0.0525 e. The lowest BCUT2D eigenvalue weighted by Gasteiger charge is -2.25. The minimum atomic E-state index is 0.0603. The second-order valence-electron chi connectivity index (χ2n) is 5.43. The number of nitrogens with two attached hydrogens (primary N) is 1. The van der Waals surface area contributed by atoms with E-state index in [1.54, 1.807) is 0 Å². The third-order valence-electron chi connectivity index (χ3n) is 3.70. The Morgan fingerprint density at radius 2 is 2.20 bits per heavy atom. The third kappa shape index (κ3) is 3.08. The quantitative estimate of drug-likeness (QED) is 0.846. The molecule has 106 valence electrons. The summed E-state index contributed by atoms with van der Waals surface area (Å²) < 4.78 is 1.11.